The summed E-state index contributed by atoms with van der Waals surface area (Å²) in [6.07, 6.45) is -9.71. The molecule has 51 heavy (non-hydrogen) atoms. The monoisotopic (exact) mass is 704 g/mol. The third kappa shape index (κ3) is 5.72. The minimum absolute atomic E-state index is 0.180. The number of alkyl halides is 6. The molecule has 0 saturated carbocycles. The van der Waals surface area contributed by atoms with Gasteiger partial charge in [0, 0.05) is 32.0 Å². The van der Waals surface area contributed by atoms with Gasteiger partial charge in [0.15, 0.2) is 0 Å². The van der Waals surface area contributed by atoms with Gasteiger partial charge in [0.1, 0.15) is 46.9 Å². The van der Waals surface area contributed by atoms with Gasteiger partial charge in [0.2, 0.25) is 0 Å². The lowest BCUT2D eigenvalue weighted by atomic mass is 9.94. The number of hydrogen-bond donors (Lipinski definition) is 0. The Morgan fingerprint density at radius 2 is 0.804 bits per heavy atom. The molecule has 13 heteroatoms. The average Bonchev–Trinajstić information content (AvgIpc) is 3.71. The second-order valence-electron chi connectivity index (χ2n) is 11.1. The number of ether oxygens (including phenoxy) is 2. The predicted octanol–water partition coefficient (Wildman–Crippen LogP) is 10.5. The van der Waals surface area contributed by atoms with Gasteiger partial charge in [0.05, 0.1) is 0 Å². The van der Waals surface area contributed by atoms with Gasteiger partial charge >= 0.3 is 12.7 Å². The van der Waals surface area contributed by atoms with Crippen LogP contribution in [0.25, 0.3) is 55.7 Å². The zero-order valence-corrected chi connectivity index (χ0v) is 26.2. The van der Waals surface area contributed by atoms with Crippen LogP contribution in [0.5, 0.6) is 11.5 Å². The Balaban J connectivity index is 1.39. The van der Waals surface area contributed by atoms with Crippen molar-refractivity contribution in [2.24, 2.45) is 0 Å². The van der Waals surface area contributed by atoms with E-state index in [-0.39, 0.29) is 11.1 Å². The molecule has 0 aliphatic heterocycles. The lowest BCUT2D eigenvalue weighted by molar-refractivity contribution is -0.275. The number of halogens is 6. The highest BCUT2D eigenvalue weighted by atomic mass is 32.1. The van der Waals surface area contributed by atoms with Crippen LogP contribution in [0.3, 0.4) is 0 Å². The Bertz CT molecular complexity index is 2330. The molecular weight excluding hydrogens is 690 g/mol. The normalized spacial score (nSPS) is 12.4. The van der Waals surface area contributed by atoms with Crippen molar-refractivity contribution in [1.82, 2.24) is 0 Å². The summed E-state index contributed by atoms with van der Waals surface area (Å²) in [5.41, 5.74) is 6.39. The lowest BCUT2D eigenvalue weighted by Crippen LogP contribution is -2.16. The number of nitrogens with zero attached hydrogens (tertiary/aromatic N) is 4. The van der Waals surface area contributed by atoms with E-state index in [1.165, 1.54) is 59.9 Å². The van der Waals surface area contributed by atoms with Crippen LogP contribution in [-0.4, -0.2) is 12.7 Å². The van der Waals surface area contributed by atoms with Gasteiger partial charge in [0.25, 0.3) is 0 Å². The van der Waals surface area contributed by atoms with Crippen molar-refractivity contribution in [3.63, 3.8) is 0 Å². The van der Waals surface area contributed by atoms with Gasteiger partial charge in [-0.1, -0.05) is 48.5 Å². The smallest absolute Gasteiger partial charge is 0.406 e. The first-order valence-corrected chi connectivity index (χ1v) is 15.4. The Labute approximate surface area is 288 Å². The third-order valence-electron chi connectivity index (χ3n) is 8.27. The van der Waals surface area contributed by atoms with Crippen molar-refractivity contribution >= 4 is 22.5 Å². The van der Waals surface area contributed by atoms with Crippen LogP contribution in [-0.2, 0) is 0 Å². The summed E-state index contributed by atoms with van der Waals surface area (Å²) in [6, 6.07) is 28.9. The Kier molecular flexibility index (Phi) is 7.68. The van der Waals surface area contributed by atoms with E-state index in [0.29, 0.717) is 76.5 Å². The molecule has 1 heterocycles. The summed E-state index contributed by atoms with van der Waals surface area (Å²) < 4.78 is 84.2. The quantitative estimate of drug-likeness (QED) is 0.133. The summed E-state index contributed by atoms with van der Waals surface area (Å²) in [4.78, 5) is 1.14. The van der Waals surface area contributed by atoms with Crippen molar-refractivity contribution in [2.75, 3.05) is 0 Å². The topological polar surface area (TPSA) is 114 Å². The molecule has 0 saturated heterocycles. The summed E-state index contributed by atoms with van der Waals surface area (Å²) in [7, 11) is 0. The van der Waals surface area contributed by atoms with Crippen LogP contribution in [0.15, 0.2) is 96.1 Å². The van der Waals surface area contributed by atoms with Crippen LogP contribution in [0.4, 0.5) is 26.3 Å². The van der Waals surface area contributed by atoms with Crippen LogP contribution < -0.4 is 9.47 Å². The molecule has 1 aromatic heterocycles. The number of thiophene rings is 1. The van der Waals surface area contributed by atoms with Crippen molar-refractivity contribution in [3.05, 3.63) is 117 Å². The number of allylic oxidation sites excluding steroid dienone is 2. The summed E-state index contributed by atoms with van der Waals surface area (Å²) >= 11 is 1.21. The SMILES string of the molecule is N#CC(C#N)=C1c2cc(-c3ccc(OC(F)(F)F)cc3)ccc2-c2c1sc1c2-c2ccc(-c3ccc(OC(F)(F)F)cc3)cc2C1=C(C#N)C#N. The molecule has 0 bridgehead atoms. The molecule has 0 amide bonds. The molecule has 4 aromatic carbocycles. The molecule has 0 atom stereocenters. The fraction of sp³-hybridized carbons (Fsp3) is 0.0526. The van der Waals surface area contributed by atoms with Gasteiger partial charge in [-0.2, -0.15) is 21.0 Å². The predicted molar refractivity (Wildman–Crippen MR) is 174 cm³/mol. The van der Waals surface area contributed by atoms with Gasteiger partial charge in [-0.05, 0) is 80.9 Å². The molecule has 5 aromatic rings. The molecular formula is C38H14F6N4O2S. The fourth-order valence-electron chi connectivity index (χ4n) is 6.31. The Morgan fingerprint density at radius 1 is 0.471 bits per heavy atom. The third-order valence-corrected chi connectivity index (χ3v) is 9.49. The van der Waals surface area contributed by atoms with Crippen LogP contribution in [0, 0.1) is 45.3 Å². The molecule has 6 nitrogen and oxygen atoms in total. The molecule has 0 N–H and O–H groups in total. The molecule has 246 valence electrons. The minimum Gasteiger partial charge on any atom is -0.406 e. The van der Waals surface area contributed by atoms with Gasteiger partial charge in [-0.3, -0.25) is 0 Å². The summed E-state index contributed by atoms with van der Waals surface area (Å²) in [5.74, 6) is -0.788. The number of rotatable bonds is 4. The van der Waals surface area contributed by atoms with E-state index in [0.717, 1.165) is 0 Å². The van der Waals surface area contributed by atoms with E-state index >= 15 is 0 Å². The molecule has 0 fully saturated rings. The van der Waals surface area contributed by atoms with Crippen molar-refractivity contribution in [3.8, 4) is 80.3 Å². The van der Waals surface area contributed by atoms with Gasteiger partial charge in [-0.15, -0.1) is 37.7 Å². The van der Waals surface area contributed by atoms with Crippen LogP contribution >= 0.6 is 11.3 Å². The van der Waals surface area contributed by atoms with E-state index in [1.54, 1.807) is 36.4 Å². The van der Waals surface area contributed by atoms with Crippen molar-refractivity contribution < 1.29 is 35.8 Å². The number of benzene rings is 4. The van der Waals surface area contributed by atoms with E-state index in [1.807, 2.05) is 24.3 Å². The summed E-state index contributed by atoms with van der Waals surface area (Å²) in [5, 5.41) is 40.0. The maximum Gasteiger partial charge on any atom is 0.573 e. The fourth-order valence-corrected chi connectivity index (χ4v) is 7.77. The second-order valence-corrected chi connectivity index (χ2v) is 12.1. The van der Waals surface area contributed by atoms with Crippen LogP contribution in [0.1, 0.15) is 20.9 Å². The van der Waals surface area contributed by atoms with Crippen molar-refractivity contribution in [1.29, 1.82) is 21.0 Å². The highest BCUT2D eigenvalue weighted by Gasteiger charge is 2.40. The zero-order chi connectivity index (χ0) is 36.2. The number of hydrogen-bond acceptors (Lipinski definition) is 7. The first kappa shape index (κ1) is 32.7. The van der Waals surface area contributed by atoms with Gasteiger partial charge in [-0.25, -0.2) is 0 Å². The second kappa shape index (κ2) is 12.0. The molecule has 7 rings (SSSR count). The zero-order valence-electron chi connectivity index (χ0n) is 25.4. The maximum atomic E-state index is 12.7. The highest BCUT2D eigenvalue weighted by Crippen LogP contribution is 2.61. The first-order valence-electron chi connectivity index (χ1n) is 14.6. The molecule has 2 aliphatic carbocycles. The van der Waals surface area contributed by atoms with E-state index < -0.39 is 24.2 Å². The van der Waals surface area contributed by atoms with Crippen LogP contribution in [0.2, 0.25) is 0 Å². The summed E-state index contributed by atoms with van der Waals surface area (Å²) in [6.45, 7) is 0. The molecule has 0 unspecified atom stereocenters. The molecule has 0 spiro atoms. The number of nitriles is 4. The number of fused-ring (bicyclic) bond motifs is 7. The van der Waals surface area contributed by atoms with E-state index in [2.05, 4.69) is 9.47 Å². The maximum absolute atomic E-state index is 12.7. The van der Waals surface area contributed by atoms with Crippen molar-refractivity contribution in [2.45, 2.75) is 12.7 Å². The minimum atomic E-state index is -4.85. The molecule has 0 radical (unpaired) electrons. The first-order chi connectivity index (χ1) is 24.3. The lowest BCUT2D eigenvalue weighted by Gasteiger charge is -2.11. The Morgan fingerprint density at radius 3 is 1.12 bits per heavy atom. The van der Waals surface area contributed by atoms with E-state index in [4.69, 9.17) is 0 Å². The van der Waals surface area contributed by atoms with Gasteiger partial charge < -0.3 is 9.47 Å². The Hall–Kier alpha value is -6.80. The average molecular weight is 705 g/mol. The standard InChI is InChI=1S/C38H14F6N4O2S/c39-37(40,41)49-25-7-1-19(2-8-25)21-5-11-27-29(13-21)31(23(15-45)16-46)35-33(27)34-28-12-6-22(20-3-9-26(10-4-20)50-38(42,43)44)14-30(28)32(36(34)51-35)24(17-47)18-48/h1-14H. The molecule has 2 aliphatic rings. The largest absolute Gasteiger partial charge is 0.573 e. The highest BCUT2D eigenvalue weighted by molar-refractivity contribution is 7.16. The van der Waals surface area contributed by atoms with E-state index in [9.17, 15) is 47.4 Å².